The van der Waals surface area contributed by atoms with Gasteiger partial charge in [0.15, 0.2) is 43.1 Å². The van der Waals surface area contributed by atoms with E-state index in [2.05, 4.69) is 87.7 Å². The third-order valence-electron chi connectivity index (χ3n) is 18.6. The first-order valence-corrected chi connectivity index (χ1v) is 42.4. The predicted molar refractivity (Wildman–Crippen MR) is 433 cm³/mol. The maximum Gasteiger partial charge on any atom is 0.494 e. The van der Waals surface area contributed by atoms with Gasteiger partial charge in [-0.05, 0) is 184 Å². The molecule has 6 amide bonds. The molecule has 112 heavy (non-hydrogen) atoms. The Labute approximate surface area is 674 Å². The molecule has 38 heteroatoms. The first kappa shape index (κ1) is 83.3. The Morgan fingerprint density at radius 1 is 0.536 bits per heavy atom. The Morgan fingerprint density at radius 2 is 0.893 bits per heavy atom. The highest BCUT2D eigenvalue weighted by atomic mass is 79.9. The number of ether oxygens (including phenoxy) is 1. The van der Waals surface area contributed by atoms with Crippen LogP contribution in [0.3, 0.4) is 0 Å². The van der Waals surface area contributed by atoms with Crippen molar-refractivity contribution in [1.82, 2.24) is 73.4 Å². The number of thioether (sulfide) groups is 3. The topological polar surface area (TPSA) is 449 Å². The fourth-order valence-electron chi connectivity index (χ4n) is 11.1. The predicted octanol–water partition coefficient (Wildman–Crippen LogP) is 8.55. The van der Waals surface area contributed by atoms with Crippen LogP contribution in [0, 0.1) is 17.2 Å². The highest BCUT2D eigenvalue weighted by Gasteiger charge is 2.51. The molecule has 0 spiro atoms. The normalized spacial score (nSPS) is 15.5. The van der Waals surface area contributed by atoms with E-state index in [-0.39, 0.29) is 69.8 Å². The van der Waals surface area contributed by atoms with Gasteiger partial charge in [-0.2, -0.15) is 5.26 Å². The number of nitrogens with zero attached hydrogens (tertiary/aromatic N) is 13. The lowest BCUT2D eigenvalue weighted by Gasteiger charge is -2.32. The third kappa shape index (κ3) is 20.4. The molecule has 584 valence electrons. The summed E-state index contributed by atoms with van der Waals surface area (Å²) in [5.74, 6) is -1.43. The van der Waals surface area contributed by atoms with Crippen molar-refractivity contribution in [3.05, 3.63) is 171 Å². The van der Waals surface area contributed by atoms with Crippen molar-refractivity contribution in [2.24, 2.45) is 28.9 Å². The van der Waals surface area contributed by atoms with Crippen molar-refractivity contribution in [2.45, 2.75) is 128 Å². The fraction of sp³-hybridized carbons (Fsp3) is 0.338. The molecule has 16 rings (SSSR count). The molecule has 5 fully saturated rings. The number of aromatic nitrogens is 12. The molecule has 2 saturated heterocycles. The van der Waals surface area contributed by atoms with E-state index >= 15 is 0 Å². The number of amides is 6. The minimum absolute atomic E-state index is 0.00188. The molecule has 3 saturated carbocycles. The molecule has 8 aromatic heterocycles. The van der Waals surface area contributed by atoms with Gasteiger partial charge >= 0.3 is 7.12 Å². The van der Waals surface area contributed by atoms with Crippen LogP contribution in [0.15, 0.2) is 152 Å². The summed E-state index contributed by atoms with van der Waals surface area (Å²) >= 11 is 11.0. The second-order valence-electron chi connectivity index (χ2n) is 27.4. The number of imidazole rings is 4. The van der Waals surface area contributed by atoms with Crippen LogP contribution in [0.25, 0.3) is 45.1 Å². The average molecular weight is 1730 g/mol. The highest BCUT2D eigenvalue weighted by Crippen LogP contribution is 2.37. The van der Waals surface area contributed by atoms with Gasteiger partial charge in [-0.15, -0.1) is 35.3 Å². The van der Waals surface area contributed by atoms with E-state index in [1.807, 2.05) is 88.9 Å². The summed E-state index contributed by atoms with van der Waals surface area (Å²) in [6, 6.07) is 24.6. The Bertz CT molecular complexity index is 5490. The number of carbonyl (C=O) groups excluding carboxylic acids is 6. The van der Waals surface area contributed by atoms with Crippen molar-refractivity contribution < 1.29 is 51.2 Å². The monoisotopic (exact) mass is 1720 g/mol. The number of sulfone groups is 1. The molecular formula is C74H81BBr2N20O11S4. The number of nitriles is 1. The number of carbonyl (C=O) groups is 6. The average Bonchev–Trinajstić information content (AvgIpc) is 1.60. The van der Waals surface area contributed by atoms with E-state index in [4.69, 9.17) is 42.2 Å². The number of hydrogen-bond acceptors (Lipinski definition) is 24. The number of rotatable bonds is 17. The van der Waals surface area contributed by atoms with Crippen LogP contribution in [-0.2, 0) is 23.9 Å². The molecule has 5 aliphatic rings. The molecule has 0 atom stereocenters. The van der Waals surface area contributed by atoms with E-state index in [0.29, 0.717) is 67.1 Å². The molecule has 10 heterocycles. The molecule has 11 aromatic rings. The lowest BCUT2D eigenvalue weighted by molar-refractivity contribution is 0.00578. The summed E-state index contributed by atoms with van der Waals surface area (Å²) in [6.45, 7) is 10.8. The van der Waals surface area contributed by atoms with E-state index in [9.17, 15) is 37.2 Å². The zero-order chi connectivity index (χ0) is 80.5. The molecular weight excluding hydrogens is 1640 g/mol. The Balaban J connectivity index is 0.000000138. The SMILES string of the molecule is CC1(C)OB(c2ccc(C(=O)NC3CC3)cc2)OC1(C)C.CS(=O)(=O)c1nc(C(N)=O)cn2c(-c3ccc(C(=O)NC4CC4)cc3)cnc12.CSc1nc(C#N)cn2c(Br)cnc12.CSc1nc(C(N)=O)cn2c(-c3ccc(C(=O)NC4CC4)cc3)cnc12.CSc1nc(C(N)=O)cn2c(Br)cnc12.NCC1CCOCC1. The molecule has 0 bridgehead atoms. The van der Waals surface area contributed by atoms with Crippen molar-refractivity contribution >= 4 is 148 Å². The van der Waals surface area contributed by atoms with Crippen molar-refractivity contribution in [1.29, 1.82) is 5.26 Å². The van der Waals surface area contributed by atoms with Crippen LogP contribution in [0.4, 0.5) is 0 Å². The third-order valence-corrected chi connectivity index (χ3v) is 22.7. The first-order chi connectivity index (χ1) is 53.4. The van der Waals surface area contributed by atoms with Gasteiger partial charge < -0.3 is 52.9 Å². The zero-order valence-electron chi connectivity index (χ0n) is 62.2. The summed E-state index contributed by atoms with van der Waals surface area (Å²) in [4.78, 5) is 104. The van der Waals surface area contributed by atoms with Crippen LogP contribution >= 0.6 is 67.1 Å². The molecule has 0 unspecified atom stereocenters. The lowest BCUT2D eigenvalue weighted by atomic mass is 9.79. The smallest absolute Gasteiger partial charge is 0.399 e. The van der Waals surface area contributed by atoms with Gasteiger partial charge in [0.25, 0.3) is 35.4 Å². The van der Waals surface area contributed by atoms with Crippen LogP contribution in [0.5, 0.6) is 0 Å². The minimum atomic E-state index is -3.73. The summed E-state index contributed by atoms with van der Waals surface area (Å²) in [7, 11) is -4.11. The number of fused-ring (bicyclic) bond motifs is 4. The maximum atomic E-state index is 12.1. The van der Waals surface area contributed by atoms with Gasteiger partial charge in [0.2, 0.25) is 0 Å². The van der Waals surface area contributed by atoms with Gasteiger partial charge in [-0.1, -0.05) is 36.4 Å². The van der Waals surface area contributed by atoms with E-state index < -0.39 is 27.6 Å². The summed E-state index contributed by atoms with van der Waals surface area (Å²) in [5, 5.41) is 19.4. The van der Waals surface area contributed by atoms with Crippen LogP contribution in [0.1, 0.15) is 147 Å². The van der Waals surface area contributed by atoms with E-state index in [1.54, 1.807) is 86.8 Å². The summed E-state index contributed by atoms with van der Waals surface area (Å²) in [6.07, 6.45) is 28.0. The molecule has 3 aliphatic carbocycles. The summed E-state index contributed by atoms with van der Waals surface area (Å²) < 4.78 is 49.7. The number of halogens is 2. The van der Waals surface area contributed by atoms with Crippen LogP contribution in [0.2, 0.25) is 0 Å². The number of nitrogens with two attached hydrogens (primary N) is 4. The van der Waals surface area contributed by atoms with E-state index in [0.717, 1.165) is 120 Å². The van der Waals surface area contributed by atoms with Crippen molar-refractivity contribution in [3.8, 4) is 28.6 Å². The molecule has 3 aromatic carbocycles. The minimum Gasteiger partial charge on any atom is -0.399 e. The van der Waals surface area contributed by atoms with Crippen molar-refractivity contribution in [3.63, 3.8) is 0 Å². The molecule has 11 N–H and O–H groups in total. The van der Waals surface area contributed by atoms with Crippen LogP contribution in [-0.4, -0.2) is 183 Å². The second-order valence-corrected chi connectivity index (χ2v) is 33.4. The van der Waals surface area contributed by atoms with Gasteiger partial charge in [0.05, 0.1) is 47.4 Å². The van der Waals surface area contributed by atoms with Gasteiger partial charge in [0.1, 0.15) is 47.4 Å². The summed E-state index contributed by atoms with van der Waals surface area (Å²) in [5.41, 5.74) is 29.2. The zero-order valence-corrected chi connectivity index (χ0v) is 68.7. The highest BCUT2D eigenvalue weighted by molar-refractivity contribution is 9.10. The second kappa shape index (κ2) is 36.0. The largest absolute Gasteiger partial charge is 0.494 e. The standard InChI is InChI=1S/C18H17N5O4S.C18H17N5O2S.C16H22BNO3.C8H7BrN4OS.C8H5BrN4S.C6H13NO/c1-28(26,27)18-16-20-8-14(23(16)9-13(22-18)15(19)24)10-2-4-11(5-3-10)17(25)21-12-6-7-12;1-26-18-16-20-8-14(23(16)9-13(22-18)15(19)24)10-2-4-11(5-3-10)17(25)21-12-6-7-12;1-15(2)16(3,4)21-17(20-15)12-7-5-11(6-8-12)14(19)18-13-9-10-13;1-15-8-7-11-2-5(9)13(7)3-4(12-8)6(10)14;1-14-8-7-11-3-6(9)13(7)4-5(2-10)12-8;7-5-6-1-3-8-4-2-6/h2-5,8-9,12H,6-7H2,1H3,(H2,19,24)(H,21,25);2-5,8-9,12H,6-7H2,1H3,(H2,19,24)(H,21,25);5-8,13H,9-10H2,1-4H3,(H,18,19);2-3H,1H3,(H2,10,14);3-4H,1H3;6H,1-5,7H2. The molecule has 31 nitrogen and oxygen atoms in total. The molecule has 0 radical (unpaired) electrons. The number of primary amides is 3. The Hall–Kier alpha value is -9.69. The fourth-order valence-corrected chi connectivity index (χ4v) is 14.2. The maximum absolute atomic E-state index is 12.1. The Morgan fingerprint density at radius 3 is 1.27 bits per heavy atom. The number of benzene rings is 3. The van der Waals surface area contributed by atoms with Gasteiger partial charge in [-0.25, -0.2) is 48.3 Å². The lowest BCUT2D eigenvalue weighted by Crippen LogP contribution is -2.41. The van der Waals surface area contributed by atoms with E-state index in [1.165, 1.54) is 52.1 Å². The van der Waals surface area contributed by atoms with Gasteiger partial charge in [0, 0.05) is 90.2 Å². The number of hydrogen-bond donors (Lipinski definition) is 7. The molecule has 2 aliphatic heterocycles. The van der Waals surface area contributed by atoms with Gasteiger partial charge in [-0.3, -0.25) is 46.4 Å². The number of nitrogens with one attached hydrogen (secondary N) is 3. The van der Waals surface area contributed by atoms with Crippen LogP contribution < -0.4 is 44.3 Å². The van der Waals surface area contributed by atoms with Crippen molar-refractivity contribution in [2.75, 3.05) is 44.8 Å². The first-order valence-electron chi connectivity index (χ1n) is 35.2. The Kier molecular flexibility index (Phi) is 26.8. The quantitative estimate of drug-likeness (QED) is 0.0331.